The number of carbonyl (C=O) groups excluding carboxylic acids is 1. The lowest BCUT2D eigenvalue weighted by atomic mass is 9.78. The zero-order valence-electron chi connectivity index (χ0n) is 19.0. The zero-order chi connectivity index (χ0) is 22.7. The first-order valence-corrected chi connectivity index (χ1v) is 11.4. The number of halogens is 1. The summed E-state index contributed by atoms with van der Waals surface area (Å²) >= 11 is 0. The Hall–Kier alpha value is -2.68. The highest BCUT2D eigenvalue weighted by Crippen LogP contribution is 2.47. The fraction of sp³-hybridized carbons (Fsp3) is 0.609. The Labute approximate surface area is 188 Å². The van der Waals surface area contributed by atoms with Gasteiger partial charge in [0.2, 0.25) is 5.95 Å². The second-order valence-corrected chi connectivity index (χ2v) is 8.99. The first-order chi connectivity index (χ1) is 15.5. The van der Waals surface area contributed by atoms with Gasteiger partial charge < -0.3 is 20.3 Å². The minimum atomic E-state index is -0.495. The van der Waals surface area contributed by atoms with Crippen molar-refractivity contribution in [1.29, 1.82) is 0 Å². The number of rotatable bonds is 5. The van der Waals surface area contributed by atoms with Crippen LogP contribution in [0.5, 0.6) is 0 Å². The van der Waals surface area contributed by atoms with Gasteiger partial charge in [0, 0.05) is 81.3 Å². The molecule has 0 aromatic carbocycles. The summed E-state index contributed by atoms with van der Waals surface area (Å²) in [6.07, 6.45) is 6.41. The van der Waals surface area contributed by atoms with Crippen LogP contribution in [0.15, 0.2) is 23.3 Å². The van der Waals surface area contributed by atoms with Crippen molar-refractivity contribution >= 4 is 23.7 Å². The first kappa shape index (κ1) is 22.5. The minimum Gasteiger partial charge on any atom is -0.450 e. The molecule has 1 unspecified atom stereocenters. The number of likely N-dealkylation sites (tertiary alicyclic amines) is 1. The molecule has 2 N–H and O–H groups in total. The fourth-order valence-corrected chi connectivity index (χ4v) is 5.41. The molecule has 2 aliphatic heterocycles. The average Bonchev–Trinajstić information content (AvgIpc) is 3.23. The molecule has 3 heterocycles. The summed E-state index contributed by atoms with van der Waals surface area (Å²) in [6, 6.07) is 3.61. The number of pyridine rings is 1. The number of hydrogen-bond donors (Lipinski definition) is 1. The van der Waals surface area contributed by atoms with E-state index in [-0.39, 0.29) is 11.5 Å². The summed E-state index contributed by atoms with van der Waals surface area (Å²) in [5.74, 6) is 0.123. The van der Waals surface area contributed by atoms with Gasteiger partial charge in [-0.1, -0.05) is 0 Å². The van der Waals surface area contributed by atoms with Crippen molar-refractivity contribution in [3.63, 3.8) is 0 Å². The predicted molar refractivity (Wildman–Crippen MR) is 123 cm³/mol. The van der Waals surface area contributed by atoms with E-state index in [1.54, 1.807) is 19.3 Å². The third-order valence-electron chi connectivity index (χ3n) is 6.99. The van der Waals surface area contributed by atoms with E-state index in [2.05, 4.69) is 19.8 Å². The molecule has 1 aromatic heterocycles. The van der Waals surface area contributed by atoms with Crippen LogP contribution in [-0.2, 0) is 4.74 Å². The van der Waals surface area contributed by atoms with Gasteiger partial charge in [-0.2, -0.15) is 4.39 Å². The number of aromatic nitrogens is 1. The Kier molecular flexibility index (Phi) is 6.64. The molecule has 1 atom stereocenters. The van der Waals surface area contributed by atoms with Gasteiger partial charge >= 0.3 is 6.09 Å². The largest absolute Gasteiger partial charge is 0.450 e. The van der Waals surface area contributed by atoms with Crippen LogP contribution in [0.1, 0.15) is 31.7 Å². The maximum absolute atomic E-state index is 14.0. The Morgan fingerprint density at radius 2 is 2.09 bits per heavy atom. The Balaban J connectivity index is 1.36. The molecule has 32 heavy (non-hydrogen) atoms. The number of piperazine rings is 1. The van der Waals surface area contributed by atoms with Crippen molar-refractivity contribution < 1.29 is 13.9 Å². The van der Waals surface area contributed by atoms with E-state index in [1.165, 1.54) is 12.3 Å². The SMILES string of the molecule is CCOC(=O)N1CC2(CCC(N3CCN(c4nc(F)ccc4/C(C=NC)=C/N)CC3)C2)C1. The van der Waals surface area contributed by atoms with Crippen molar-refractivity contribution in [2.24, 2.45) is 16.1 Å². The molecule has 9 heteroatoms. The van der Waals surface area contributed by atoms with Gasteiger partial charge in [-0.3, -0.25) is 9.89 Å². The lowest BCUT2D eigenvalue weighted by Crippen LogP contribution is -2.58. The van der Waals surface area contributed by atoms with Gasteiger partial charge in [-0.25, -0.2) is 9.78 Å². The molecule has 1 spiro atoms. The van der Waals surface area contributed by atoms with E-state index in [9.17, 15) is 9.18 Å². The smallest absolute Gasteiger partial charge is 0.409 e. The van der Waals surface area contributed by atoms with Gasteiger partial charge in [0.15, 0.2) is 0 Å². The number of anilines is 1. The number of aliphatic imine (C=N–C) groups is 1. The van der Waals surface area contributed by atoms with E-state index >= 15 is 0 Å². The van der Waals surface area contributed by atoms with Crippen LogP contribution in [-0.4, -0.2) is 86.1 Å². The molecule has 1 amide bonds. The molecule has 4 rings (SSSR count). The quantitative estimate of drug-likeness (QED) is 0.554. The Morgan fingerprint density at radius 1 is 1.34 bits per heavy atom. The van der Waals surface area contributed by atoms with Crippen LogP contribution >= 0.6 is 0 Å². The van der Waals surface area contributed by atoms with Crippen molar-refractivity contribution in [3.8, 4) is 0 Å². The molecule has 0 radical (unpaired) electrons. The lowest BCUT2D eigenvalue weighted by molar-refractivity contribution is -0.00294. The van der Waals surface area contributed by atoms with Gasteiger partial charge in [0.1, 0.15) is 5.82 Å². The number of allylic oxidation sites excluding steroid dienone is 1. The van der Waals surface area contributed by atoms with Gasteiger partial charge in [-0.05, 0) is 38.3 Å². The third kappa shape index (κ3) is 4.44. The van der Waals surface area contributed by atoms with Crippen LogP contribution in [0, 0.1) is 11.4 Å². The molecule has 1 aliphatic carbocycles. The van der Waals surface area contributed by atoms with Crippen LogP contribution in [0.2, 0.25) is 0 Å². The maximum Gasteiger partial charge on any atom is 0.409 e. The van der Waals surface area contributed by atoms with Crippen molar-refractivity contribution in [2.45, 2.75) is 32.2 Å². The molecule has 3 aliphatic rings. The molecule has 3 fully saturated rings. The highest BCUT2D eigenvalue weighted by molar-refractivity contribution is 6.11. The summed E-state index contributed by atoms with van der Waals surface area (Å²) in [7, 11) is 1.68. The van der Waals surface area contributed by atoms with Gasteiger partial charge in [-0.15, -0.1) is 0 Å². The number of hydrogen-bond acceptors (Lipinski definition) is 7. The lowest BCUT2D eigenvalue weighted by Gasteiger charge is -2.48. The first-order valence-electron chi connectivity index (χ1n) is 11.4. The van der Waals surface area contributed by atoms with Crippen LogP contribution in [0.4, 0.5) is 15.0 Å². The molecule has 0 bridgehead atoms. The summed E-state index contributed by atoms with van der Waals surface area (Å²) in [5, 5.41) is 0. The standard InChI is InChI=1S/C23H33FN6O2/c1-3-32-22(31)30-15-23(16-30)7-6-18(12-23)28-8-10-29(11-9-28)21-19(4-5-20(24)27-21)17(13-25)14-26-2/h4-5,13-14,18H,3,6-12,15-16,25H2,1-2H3/b17-13+,26-14?. The molecule has 8 nitrogen and oxygen atoms in total. The maximum atomic E-state index is 14.0. The second-order valence-electron chi connectivity index (χ2n) is 8.99. The summed E-state index contributed by atoms with van der Waals surface area (Å²) < 4.78 is 19.1. The average molecular weight is 445 g/mol. The van der Waals surface area contributed by atoms with Crippen molar-refractivity contribution in [1.82, 2.24) is 14.8 Å². The normalized spacial score (nSPS) is 23.7. The number of carbonyl (C=O) groups is 1. The zero-order valence-corrected chi connectivity index (χ0v) is 19.0. The van der Waals surface area contributed by atoms with E-state index in [4.69, 9.17) is 10.5 Å². The molecular weight excluding hydrogens is 411 g/mol. The predicted octanol–water partition coefficient (Wildman–Crippen LogP) is 2.35. The Morgan fingerprint density at radius 3 is 2.75 bits per heavy atom. The molecule has 1 aromatic rings. The highest BCUT2D eigenvalue weighted by Gasteiger charge is 2.51. The topological polar surface area (TPSA) is 87.3 Å². The summed E-state index contributed by atoms with van der Waals surface area (Å²) in [4.78, 5) is 26.7. The van der Waals surface area contributed by atoms with E-state index in [1.807, 2.05) is 11.8 Å². The number of ether oxygens (including phenoxy) is 1. The Bertz CT molecular complexity index is 890. The van der Waals surface area contributed by atoms with E-state index < -0.39 is 5.95 Å². The number of amides is 1. The van der Waals surface area contributed by atoms with Gasteiger partial charge in [0.05, 0.1) is 6.61 Å². The molecule has 2 saturated heterocycles. The minimum absolute atomic E-state index is 0.187. The van der Waals surface area contributed by atoms with Crippen molar-refractivity contribution in [2.75, 3.05) is 57.8 Å². The van der Waals surface area contributed by atoms with Crippen LogP contribution in [0.25, 0.3) is 5.57 Å². The fourth-order valence-electron chi connectivity index (χ4n) is 5.41. The van der Waals surface area contributed by atoms with E-state index in [0.29, 0.717) is 18.5 Å². The van der Waals surface area contributed by atoms with Gasteiger partial charge in [0.25, 0.3) is 0 Å². The molecule has 174 valence electrons. The molecule has 1 saturated carbocycles. The summed E-state index contributed by atoms with van der Waals surface area (Å²) in [6.45, 7) is 7.26. The second kappa shape index (κ2) is 9.44. The van der Waals surface area contributed by atoms with Crippen LogP contribution < -0.4 is 10.6 Å². The summed E-state index contributed by atoms with van der Waals surface area (Å²) in [5.41, 5.74) is 7.56. The third-order valence-corrected chi connectivity index (χ3v) is 6.99. The highest BCUT2D eigenvalue weighted by atomic mass is 19.1. The number of nitrogens with two attached hydrogens (primary N) is 1. The van der Waals surface area contributed by atoms with E-state index in [0.717, 1.165) is 69.7 Å². The monoisotopic (exact) mass is 444 g/mol. The van der Waals surface area contributed by atoms with Crippen molar-refractivity contribution in [3.05, 3.63) is 29.8 Å². The molecular formula is C23H33FN6O2. The van der Waals surface area contributed by atoms with Crippen LogP contribution in [0.3, 0.4) is 0 Å². The number of nitrogens with zero attached hydrogens (tertiary/aromatic N) is 5.